The molecule has 0 saturated carbocycles. The molecule has 0 aliphatic carbocycles. The van der Waals surface area contributed by atoms with Crippen molar-refractivity contribution >= 4 is 23.9 Å². The van der Waals surface area contributed by atoms with E-state index in [1.165, 1.54) is 11.0 Å². The maximum atomic E-state index is 14.6. The molecule has 7 nitrogen and oxygen atoms in total. The van der Waals surface area contributed by atoms with E-state index in [-0.39, 0.29) is 13.1 Å². The molecule has 1 N–H and O–H groups in total. The van der Waals surface area contributed by atoms with Crippen LogP contribution >= 0.6 is 0 Å². The topological polar surface area (TPSA) is 85.7 Å². The molecule has 3 rings (SSSR count). The maximum absolute atomic E-state index is 14.6. The smallest absolute Gasteiger partial charge is 0.414 e. The number of ether oxygens (including phenoxy) is 1. The van der Waals surface area contributed by atoms with E-state index in [1.54, 1.807) is 18.2 Å². The average molecular weight is 358 g/mol. The molecule has 0 bridgehead atoms. The number of hydrogen-bond acceptors (Lipinski definition) is 5. The number of carbonyl (C=O) groups is 2. The van der Waals surface area contributed by atoms with Crippen LogP contribution in [0, 0.1) is 17.1 Å². The highest BCUT2D eigenvalue weighted by Crippen LogP contribution is 2.30. The fourth-order valence-electron chi connectivity index (χ4n) is 3.21. The summed E-state index contributed by atoms with van der Waals surface area (Å²) in [5.74, 6) is -0.405. The standard InChI is InChI=1S/C18H19FN4O3/c19-16-9-14(23-11-15(10-21-12-24)26-18(23)25)1-2-17(16)22-7-4-13(3-6-20)5-8-22/h1-3,9,12,15H,4-5,7-8,10-11H2,(H,21,24). The van der Waals surface area contributed by atoms with E-state index in [1.807, 2.05) is 11.0 Å². The first-order chi connectivity index (χ1) is 12.6. The van der Waals surface area contributed by atoms with Gasteiger partial charge in [0.05, 0.1) is 30.5 Å². The van der Waals surface area contributed by atoms with Gasteiger partial charge < -0.3 is 15.0 Å². The summed E-state index contributed by atoms with van der Waals surface area (Å²) in [6.45, 7) is 1.77. The number of cyclic esters (lactones) is 1. The van der Waals surface area contributed by atoms with E-state index in [2.05, 4.69) is 5.32 Å². The number of nitriles is 1. The van der Waals surface area contributed by atoms with Gasteiger partial charge in [-0.05, 0) is 31.0 Å². The molecular weight excluding hydrogens is 339 g/mol. The number of rotatable bonds is 5. The Kier molecular flexibility index (Phi) is 5.37. The van der Waals surface area contributed by atoms with E-state index in [0.29, 0.717) is 30.9 Å². The zero-order chi connectivity index (χ0) is 18.5. The molecule has 1 unspecified atom stereocenters. The van der Waals surface area contributed by atoms with Crippen molar-refractivity contribution in [3.63, 3.8) is 0 Å². The predicted octanol–water partition coefficient (Wildman–Crippen LogP) is 1.95. The van der Waals surface area contributed by atoms with Crippen molar-refractivity contribution in [3.05, 3.63) is 35.7 Å². The summed E-state index contributed by atoms with van der Waals surface area (Å²) in [5.41, 5.74) is 1.99. The molecule has 2 aliphatic heterocycles. The van der Waals surface area contributed by atoms with Crippen molar-refractivity contribution < 1.29 is 18.7 Å². The van der Waals surface area contributed by atoms with Gasteiger partial charge in [0.25, 0.3) is 0 Å². The fraction of sp³-hybridized carbons (Fsp3) is 0.389. The van der Waals surface area contributed by atoms with Crippen molar-refractivity contribution in [2.45, 2.75) is 18.9 Å². The lowest BCUT2D eigenvalue weighted by Crippen LogP contribution is -2.32. The largest absolute Gasteiger partial charge is 0.442 e. The van der Waals surface area contributed by atoms with E-state index < -0.39 is 18.0 Å². The molecule has 26 heavy (non-hydrogen) atoms. The first-order valence-corrected chi connectivity index (χ1v) is 8.39. The van der Waals surface area contributed by atoms with Crippen molar-refractivity contribution in [1.29, 1.82) is 5.26 Å². The molecule has 2 heterocycles. The molecule has 0 radical (unpaired) electrons. The molecule has 2 fully saturated rings. The Morgan fingerprint density at radius 3 is 2.81 bits per heavy atom. The average Bonchev–Trinajstić information content (AvgIpc) is 3.02. The first kappa shape index (κ1) is 17.7. The highest BCUT2D eigenvalue weighted by Gasteiger charge is 2.32. The molecule has 2 aliphatic rings. The monoisotopic (exact) mass is 358 g/mol. The molecule has 2 amide bonds. The van der Waals surface area contributed by atoms with Gasteiger partial charge in [0, 0.05) is 19.2 Å². The number of hydrogen-bond donors (Lipinski definition) is 1. The normalized spacial score (nSPS) is 19.8. The van der Waals surface area contributed by atoms with Gasteiger partial charge in [0.15, 0.2) is 0 Å². The van der Waals surface area contributed by atoms with Crippen LogP contribution in [0.3, 0.4) is 0 Å². The van der Waals surface area contributed by atoms with Crippen molar-refractivity contribution in [2.75, 3.05) is 36.0 Å². The van der Waals surface area contributed by atoms with Crippen LogP contribution in [0.15, 0.2) is 29.8 Å². The molecular formula is C18H19FN4O3. The first-order valence-electron chi connectivity index (χ1n) is 8.39. The SMILES string of the molecule is N#CC=C1CCN(c2ccc(N3CC(CNC=O)OC3=O)cc2F)CC1. The minimum Gasteiger partial charge on any atom is -0.442 e. The lowest BCUT2D eigenvalue weighted by Gasteiger charge is -2.30. The Hall–Kier alpha value is -3.08. The van der Waals surface area contributed by atoms with Gasteiger partial charge in [-0.15, -0.1) is 0 Å². The van der Waals surface area contributed by atoms with Crippen LogP contribution in [0.25, 0.3) is 0 Å². The second-order valence-corrected chi connectivity index (χ2v) is 6.20. The summed E-state index contributed by atoms with van der Waals surface area (Å²) in [6.07, 6.45) is 2.56. The van der Waals surface area contributed by atoms with E-state index in [9.17, 15) is 14.0 Å². The van der Waals surface area contributed by atoms with Gasteiger partial charge in [0.1, 0.15) is 11.9 Å². The Balaban J connectivity index is 1.68. The number of halogens is 1. The highest BCUT2D eigenvalue weighted by atomic mass is 19.1. The second-order valence-electron chi connectivity index (χ2n) is 6.20. The molecule has 0 spiro atoms. The summed E-state index contributed by atoms with van der Waals surface area (Å²) < 4.78 is 19.8. The number of allylic oxidation sites excluding steroid dienone is 1. The number of nitrogens with one attached hydrogen (secondary N) is 1. The number of amides is 2. The Labute approximate surface area is 150 Å². The van der Waals surface area contributed by atoms with Gasteiger partial charge in [-0.3, -0.25) is 9.69 Å². The number of anilines is 2. The third-order valence-corrected chi connectivity index (χ3v) is 4.56. The van der Waals surface area contributed by atoms with Gasteiger partial charge in [-0.1, -0.05) is 5.57 Å². The number of nitrogens with zero attached hydrogens (tertiary/aromatic N) is 3. The lowest BCUT2D eigenvalue weighted by atomic mass is 10.0. The van der Waals surface area contributed by atoms with Crippen molar-refractivity contribution in [2.24, 2.45) is 0 Å². The number of benzene rings is 1. The Morgan fingerprint density at radius 2 is 2.15 bits per heavy atom. The Bertz CT molecular complexity index is 764. The summed E-state index contributed by atoms with van der Waals surface area (Å²) in [4.78, 5) is 25.6. The number of carbonyl (C=O) groups excluding carboxylic acids is 2. The van der Waals surface area contributed by atoms with Gasteiger partial charge in [0.2, 0.25) is 6.41 Å². The molecule has 1 aromatic rings. The van der Waals surface area contributed by atoms with Crippen LogP contribution in [-0.2, 0) is 9.53 Å². The third kappa shape index (κ3) is 3.77. The zero-order valence-corrected chi connectivity index (χ0v) is 14.2. The van der Waals surface area contributed by atoms with Crippen LogP contribution in [0.5, 0.6) is 0 Å². The van der Waals surface area contributed by atoms with Crippen LogP contribution in [-0.4, -0.2) is 44.8 Å². The van der Waals surface area contributed by atoms with Crippen LogP contribution in [0.1, 0.15) is 12.8 Å². The molecule has 1 atom stereocenters. The van der Waals surface area contributed by atoms with Crippen LogP contribution in [0.2, 0.25) is 0 Å². The second kappa shape index (κ2) is 7.87. The summed E-state index contributed by atoms with van der Waals surface area (Å²) in [7, 11) is 0. The van der Waals surface area contributed by atoms with Gasteiger partial charge in [-0.25, -0.2) is 9.18 Å². The minimum absolute atomic E-state index is 0.221. The van der Waals surface area contributed by atoms with E-state index >= 15 is 0 Å². The Morgan fingerprint density at radius 1 is 1.38 bits per heavy atom. The van der Waals surface area contributed by atoms with Crippen molar-refractivity contribution in [3.8, 4) is 6.07 Å². The summed E-state index contributed by atoms with van der Waals surface area (Å²) in [5, 5.41) is 11.2. The van der Waals surface area contributed by atoms with Crippen LogP contribution in [0.4, 0.5) is 20.6 Å². The molecule has 136 valence electrons. The number of piperidine rings is 1. The molecule has 8 heteroatoms. The van der Waals surface area contributed by atoms with E-state index in [4.69, 9.17) is 10.00 Å². The lowest BCUT2D eigenvalue weighted by molar-refractivity contribution is -0.109. The maximum Gasteiger partial charge on any atom is 0.414 e. The summed E-state index contributed by atoms with van der Waals surface area (Å²) in [6, 6.07) is 6.71. The van der Waals surface area contributed by atoms with Crippen molar-refractivity contribution in [1.82, 2.24) is 5.32 Å². The zero-order valence-electron chi connectivity index (χ0n) is 14.2. The van der Waals surface area contributed by atoms with Crippen LogP contribution < -0.4 is 15.1 Å². The fourth-order valence-corrected chi connectivity index (χ4v) is 3.21. The van der Waals surface area contributed by atoms with Gasteiger partial charge >= 0.3 is 6.09 Å². The molecule has 2 saturated heterocycles. The quantitative estimate of drug-likeness (QED) is 0.642. The summed E-state index contributed by atoms with van der Waals surface area (Å²) >= 11 is 0. The molecule has 0 aromatic heterocycles. The highest BCUT2D eigenvalue weighted by molar-refractivity contribution is 5.90. The van der Waals surface area contributed by atoms with Gasteiger partial charge in [-0.2, -0.15) is 5.26 Å². The predicted molar refractivity (Wildman–Crippen MR) is 93.2 cm³/mol. The van der Waals surface area contributed by atoms with E-state index in [0.717, 1.165) is 18.4 Å². The molecule has 1 aromatic carbocycles. The third-order valence-electron chi connectivity index (χ3n) is 4.56. The minimum atomic E-state index is -0.556.